The van der Waals surface area contributed by atoms with E-state index in [4.69, 9.17) is 0 Å². The molecule has 3 nitrogen and oxygen atoms in total. The highest BCUT2D eigenvalue weighted by Gasteiger charge is 2.48. The van der Waals surface area contributed by atoms with Crippen molar-refractivity contribution in [3.63, 3.8) is 0 Å². The van der Waals surface area contributed by atoms with Gasteiger partial charge in [-0.05, 0) is 12.1 Å². The van der Waals surface area contributed by atoms with Crippen molar-refractivity contribution in [2.75, 3.05) is 7.11 Å². The Labute approximate surface area is 136 Å². The molecule has 0 saturated heterocycles. The first-order valence-corrected chi connectivity index (χ1v) is 7.65. The largest absolute Gasteiger partial charge is 0.501 e. The van der Waals surface area contributed by atoms with Crippen LogP contribution in [0, 0.1) is 29.3 Å². The molecule has 135 valence electrons. The second kappa shape index (κ2) is 6.21. The quantitative estimate of drug-likeness (QED) is 0.591. The average Bonchev–Trinajstić information content (AvgIpc) is 2.53. The van der Waals surface area contributed by atoms with Crippen LogP contribution in [-0.2, 0) is 9.84 Å². The number of halogens is 7. The summed E-state index contributed by atoms with van der Waals surface area (Å²) in [5, 5.41) is 0. The van der Waals surface area contributed by atoms with Gasteiger partial charge in [-0.2, -0.15) is 22.0 Å². The summed E-state index contributed by atoms with van der Waals surface area (Å²) in [6.07, 6.45) is 0. The molecule has 11 heteroatoms. The van der Waals surface area contributed by atoms with E-state index in [1.807, 2.05) is 6.07 Å². The van der Waals surface area contributed by atoms with Gasteiger partial charge >= 0.3 is 5.51 Å². The SMILES string of the molecule is COc1c(F)c(F)c(-c2[c]cccc2S(=O)(=O)C(F)(F)F)c(F)c1F. The monoisotopic (exact) mass is 387 g/mol. The topological polar surface area (TPSA) is 43.4 Å². The molecule has 1 radical (unpaired) electrons. The number of hydrogen-bond donors (Lipinski definition) is 0. The molecule has 0 heterocycles. The summed E-state index contributed by atoms with van der Waals surface area (Å²) in [7, 11) is -5.37. The maximum absolute atomic E-state index is 14.1. The van der Waals surface area contributed by atoms with E-state index in [0.717, 1.165) is 12.1 Å². The number of sulfone groups is 1. The predicted molar refractivity (Wildman–Crippen MR) is 70.3 cm³/mol. The van der Waals surface area contributed by atoms with Crippen molar-refractivity contribution in [3.05, 3.63) is 47.5 Å². The molecule has 0 aliphatic carbocycles. The van der Waals surface area contributed by atoms with Crippen LogP contribution in [0.3, 0.4) is 0 Å². The van der Waals surface area contributed by atoms with E-state index in [1.54, 1.807) is 0 Å². The Kier molecular flexibility index (Phi) is 4.73. The van der Waals surface area contributed by atoms with Crippen molar-refractivity contribution in [3.8, 4) is 16.9 Å². The van der Waals surface area contributed by atoms with Crippen molar-refractivity contribution < 1.29 is 43.9 Å². The molecule has 0 saturated carbocycles. The van der Waals surface area contributed by atoms with Crippen LogP contribution in [0.15, 0.2) is 23.1 Å². The Bertz CT molecular complexity index is 907. The van der Waals surface area contributed by atoms with Crippen molar-refractivity contribution in [2.24, 2.45) is 0 Å². The summed E-state index contributed by atoms with van der Waals surface area (Å²) in [4.78, 5) is -1.61. The smallest absolute Gasteiger partial charge is 0.491 e. The van der Waals surface area contributed by atoms with Gasteiger partial charge in [0.15, 0.2) is 17.4 Å². The van der Waals surface area contributed by atoms with Gasteiger partial charge in [-0.3, -0.25) is 0 Å². The number of methoxy groups -OCH3 is 1. The Morgan fingerprint density at radius 3 is 1.96 bits per heavy atom. The first kappa shape index (κ1) is 19.0. The molecule has 0 aromatic heterocycles. The Morgan fingerprint density at radius 2 is 1.52 bits per heavy atom. The zero-order chi connectivity index (χ0) is 19.2. The van der Waals surface area contributed by atoms with E-state index in [2.05, 4.69) is 4.74 Å². The summed E-state index contributed by atoms with van der Waals surface area (Å²) in [6.45, 7) is 0. The van der Waals surface area contributed by atoms with Crippen molar-refractivity contribution >= 4 is 9.84 Å². The molecule has 0 amide bonds. The third-order valence-corrected chi connectivity index (χ3v) is 4.62. The second-order valence-electron chi connectivity index (χ2n) is 4.52. The molecule has 0 unspecified atom stereocenters. The molecule has 0 bridgehead atoms. The molecule has 0 atom stereocenters. The van der Waals surface area contributed by atoms with Gasteiger partial charge in [0.2, 0.25) is 11.6 Å². The van der Waals surface area contributed by atoms with E-state index in [9.17, 15) is 39.2 Å². The zero-order valence-corrected chi connectivity index (χ0v) is 12.8. The van der Waals surface area contributed by atoms with E-state index in [-0.39, 0.29) is 0 Å². The molecule has 0 N–H and O–H groups in total. The number of benzene rings is 2. The van der Waals surface area contributed by atoms with Gasteiger partial charge < -0.3 is 4.74 Å². The van der Waals surface area contributed by atoms with Crippen LogP contribution in [0.25, 0.3) is 11.1 Å². The summed E-state index contributed by atoms with van der Waals surface area (Å²) >= 11 is 0. The number of alkyl halides is 3. The molecule has 2 aromatic carbocycles. The number of rotatable bonds is 3. The predicted octanol–water partition coefficient (Wildman–Crippen LogP) is 4.01. The molecular weight excluding hydrogens is 381 g/mol. The minimum atomic E-state index is -6.07. The fourth-order valence-electron chi connectivity index (χ4n) is 1.98. The lowest BCUT2D eigenvalue weighted by Gasteiger charge is -2.15. The molecule has 2 aromatic rings. The highest BCUT2D eigenvalue weighted by atomic mass is 32.2. The Balaban J connectivity index is 2.93. The zero-order valence-electron chi connectivity index (χ0n) is 12.0. The van der Waals surface area contributed by atoms with Crippen LogP contribution < -0.4 is 4.74 Å². The van der Waals surface area contributed by atoms with E-state index in [1.165, 1.54) is 0 Å². The molecule has 0 aliphatic rings. The van der Waals surface area contributed by atoms with Crippen LogP contribution in [-0.4, -0.2) is 21.0 Å². The van der Waals surface area contributed by atoms with Crippen molar-refractivity contribution in [1.82, 2.24) is 0 Å². The first-order valence-electron chi connectivity index (χ1n) is 6.17. The summed E-state index contributed by atoms with van der Waals surface area (Å²) in [6, 6.07) is 3.88. The molecular formula is C14H6F7O3S. The van der Waals surface area contributed by atoms with Crippen LogP contribution >= 0.6 is 0 Å². The van der Waals surface area contributed by atoms with Crippen LogP contribution in [0.5, 0.6) is 5.75 Å². The van der Waals surface area contributed by atoms with Gasteiger partial charge in [0, 0.05) is 5.56 Å². The highest BCUT2D eigenvalue weighted by Crippen LogP contribution is 2.40. The maximum Gasteiger partial charge on any atom is 0.501 e. The van der Waals surface area contributed by atoms with Crippen molar-refractivity contribution in [1.29, 1.82) is 0 Å². The fourth-order valence-corrected chi connectivity index (χ4v) is 2.91. The van der Waals surface area contributed by atoms with Gasteiger partial charge in [0.1, 0.15) is 0 Å². The number of hydrogen-bond acceptors (Lipinski definition) is 3. The summed E-state index contributed by atoms with van der Waals surface area (Å²) in [5.41, 5.74) is -8.78. The van der Waals surface area contributed by atoms with E-state index >= 15 is 0 Å². The summed E-state index contributed by atoms with van der Waals surface area (Å²) in [5.74, 6) is -9.78. The van der Waals surface area contributed by atoms with Gasteiger partial charge in [0.25, 0.3) is 9.84 Å². The van der Waals surface area contributed by atoms with Gasteiger partial charge in [-0.1, -0.05) is 12.1 Å². The molecule has 2 rings (SSSR count). The minimum absolute atomic E-state index is 0.383. The van der Waals surface area contributed by atoms with E-state index < -0.39 is 60.4 Å². The highest BCUT2D eigenvalue weighted by molar-refractivity contribution is 7.92. The third-order valence-electron chi connectivity index (χ3n) is 3.09. The molecule has 25 heavy (non-hydrogen) atoms. The fraction of sp³-hybridized carbons (Fsp3) is 0.143. The lowest BCUT2D eigenvalue weighted by Crippen LogP contribution is -2.24. The summed E-state index contributed by atoms with van der Waals surface area (Å²) < 4.78 is 121. The van der Waals surface area contributed by atoms with Gasteiger partial charge in [0.05, 0.1) is 17.6 Å². The van der Waals surface area contributed by atoms with Crippen molar-refractivity contribution in [2.45, 2.75) is 10.4 Å². The lowest BCUT2D eigenvalue weighted by molar-refractivity contribution is -0.0435. The average molecular weight is 387 g/mol. The van der Waals surface area contributed by atoms with E-state index in [0.29, 0.717) is 13.2 Å². The normalized spacial score (nSPS) is 12.3. The van der Waals surface area contributed by atoms with Crippen LogP contribution in [0.1, 0.15) is 0 Å². The third kappa shape index (κ3) is 2.92. The molecule has 0 fully saturated rings. The Hall–Kier alpha value is -2.30. The van der Waals surface area contributed by atoms with Crippen LogP contribution in [0.2, 0.25) is 0 Å². The molecule has 0 spiro atoms. The maximum atomic E-state index is 14.1. The van der Waals surface area contributed by atoms with Crippen LogP contribution in [0.4, 0.5) is 30.7 Å². The minimum Gasteiger partial charge on any atom is -0.491 e. The second-order valence-corrected chi connectivity index (χ2v) is 6.43. The lowest BCUT2D eigenvalue weighted by atomic mass is 10.0. The Morgan fingerprint density at radius 1 is 1.00 bits per heavy atom. The standard InChI is InChI=1S/C14H6F7O3S/c1-24-13-11(17)9(15)8(10(16)12(13)18)6-4-2-3-5-7(6)25(22,23)14(19,20)21/h2-3,5H,1H3. The van der Waals surface area contributed by atoms with Gasteiger partial charge in [-0.25, -0.2) is 17.2 Å². The molecule has 0 aliphatic heterocycles. The first-order chi connectivity index (χ1) is 11.4. The number of ether oxygens (including phenoxy) is 1. The van der Waals surface area contributed by atoms with Gasteiger partial charge in [-0.15, -0.1) is 0 Å².